The maximum absolute atomic E-state index is 12.8. The van der Waals surface area contributed by atoms with Crippen molar-refractivity contribution in [2.24, 2.45) is 0 Å². The first-order chi connectivity index (χ1) is 10.5. The Balaban J connectivity index is 1.99. The quantitative estimate of drug-likeness (QED) is 0.605. The molecule has 0 spiro atoms. The van der Waals surface area contributed by atoms with Gasteiger partial charge in [0.25, 0.3) is 5.69 Å². The van der Waals surface area contributed by atoms with Crippen LogP contribution < -0.4 is 5.32 Å². The van der Waals surface area contributed by atoms with Crippen LogP contribution in [0.2, 0.25) is 0 Å². The lowest BCUT2D eigenvalue weighted by atomic mass is 10.1. The summed E-state index contributed by atoms with van der Waals surface area (Å²) in [6, 6.07) is 10.3. The molecule has 2 rings (SSSR count). The highest BCUT2D eigenvalue weighted by molar-refractivity contribution is 9.10. The lowest BCUT2D eigenvalue weighted by Gasteiger charge is -2.13. The largest absolute Gasteiger partial charge is 0.387 e. The van der Waals surface area contributed by atoms with Gasteiger partial charge in [-0.1, -0.05) is 34.1 Å². The average Bonchev–Trinajstić information content (AvgIpc) is 2.49. The van der Waals surface area contributed by atoms with E-state index in [1.165, 1.54) is 30.3 Å². The molecule has 0 bridgehead atoms. The second-order valence-corrected chi connectivity index (χ2v) is 5.55. The topological polar surface area (TPSA) is 75.4 Å². The van der Waals surface area contributed by atoms with Gasteiger partial charge in [0.15, 0.2) is 0 Å². The molecular formula is C15H14BrFN2O3. The van der Waals surface area contributed by atoms with E-state index in [1.54, 1.807) is 12.1 Å². The summed E-state index contributed by atoms with van der Waals surface area (Å²) in [7, 11) is 0. The SMILES string of the molecule is O=[N+]([O-])c1cccc(Br)c1CNC[C@H](O)c1ccc(F)cc1. The molecule has 0 aliphatic carbocycles. The van der Waals surface area contributed by atoms with Gasteiger partial charge < -0.3 is 10.4 Å². The Kier molecular flexibility index (Phi) is 5.59. The number of aliphatic hydroxyl groups excluding tert-OH is 1. The Hall–Kier alpha value is -1.83. The van der Waals surface area contributed by atoms with Crippen molar-refractivity contribution < 1.29 is 14.4 Å². The molecule has 0 aromatic heterocycles. The fraction of sp³-hybridized carbons (Fsp3) is 0.200. The van der Waals surface area contributed by atoms with Crippen molar-refractivity contribution in [3.63, 3.8) is 0 Å². The Labute approximate surface area is 135 Å². The molecule has 0 amide bonds. The van der Waals surface area contributed by atoms with Gasteiger partial charge in [-0.25, -0.2) is 4.39 Å². The molecule has 7 heteroatoms. The third-order valence-electron chi connectivity index (χ3n) is 3.19. The fourth-order valence-electron chi connectivity index (χ4n) is 2.03. The van der Waals surface area contributed by atoms with E-state index >= 15 is 0 Å². The van der Waals surface area contributed by atoms with Crippen molar-refractivity contribution >= 4 is 21.6 Å². The number of nitrogens with one attached hydrogen (secondary N) is 1. The summed E-state index contributed by atoms with van der Waals surface area (Å²) in [4.78, 5) is 10.6. The van der Waals surface area contributed by atoms with E-state index in [0.29, 0.717) is 15.6 Å². The van der Waals surface area contributed by atoms with Crippen molar-refractivity contribution in [2.75, 3.05) is 6.54 Å². The summed E-state index contributed by atoms with van der Waals surface area (Å²) < 4.78 is 13.5. The Bertz CT molecular complexity index is 664. The smallest absolute Gasteiger partial charge is 0.275 e. The zero-order valence-electron chi connectivity index (χ0n) is 11.5. The maximum atomic E-state index is 12.8. The summed E-state index contributed by atoms with van der Waals surface area (Å²) >= 11 is 3.29. The number of halogens is 2. The van der Waals surface area contributed by atoms with Crippen LogP contribution >= 0.6 is 15.9 Å². The summed E-state index contributed by atoms with van der Waals surface area (Å²) in [6.07, 6.45) is -0.817. The van der Waals surface area contributed by atoms with E-state index in [0.717, 1.165) is 0 Å². The number of hydrogen-bond donors (Lipinski definition) is 2. The zero-order valence-corrected chi connectivity index (χ0v) is 13.1. The predicted octanol–water partition coefficient (Wildman–Crippen LogP) is 3.32. The molecular weight excluding hydrogens is 355 g/mol. The molecule has 0 unspecified atom stereocenters. The molecule has 2 aromatic rings. The molecule has 0 fully saturated rings. The van der Waals surface area contributed by atoms with Crippen LogP contribution in [0.15, 0.2) is 46.9 Å². The van der Waals surface area contributed by atoms with Gasteiger partial charge in [-0.3, -0.25) is 10.1 Å². The molecule has 0 aliphatic rings. The zero-order chi connectivity index (χ0) is 16.1. The highest BCUT2D eigenvalue weighted by Gasteiger charge is 2.16. The monoisotopic (exact) mass is 368 g/mol. The molecule has 0 heterocycles. The predicted molar refractivity (Wildman–Crippen MR) is 83.9 cm³/mol. The van der Waals surface area contributed by atoms with E-state index in [9.17, 15) is 19.6 Å². The highest BCUT2D eigenvalue weighted by atomic mass is 79.9. The van der Waals surface area contributed by atoms with E-state index in [-0.39, 0.29) is 24.6 Å². The number of rotatable bonds is 6. The van der Waals surface area contributed by atoms with E-state index in [4.69, 9.17) is 0 Å². The molecule has 0 saturated carbocycles. The van der Waals surface area contributed by atoms with Gasteiger partial charge in [0.2, 0.25) is 0 Å². The van der Waals surface area contributed by atoms with Gasteiger partial charge in [0.1, 0.15) is 5.82 Å². The summed E-state index contributed by atoms with van der Waals surface area (Å²) in [5.41, 5.74) is 1.10. The van der Waals surface area contributed by atoms with Crippen molar-refractivity contribution in [1.29, 1.82) is 0 Å². The van der Waals surface area contributed by atoms with Crippen molar-refractivity contribution in [2.45, 2.75) is 12.6 Å². The maximum Gasteiger partial charge on any atom is 0.275 e. The molecule has 0 aliphatic heterocycles. The number of hydrogen-bond acceptors (Lipinski definition) is 4. The van der Waals surface area contributed by atoms with Gasteiger partial charge in [-0.15, -0.1) is 0 Å². The van der Waals surface area contributed by atoms with Gasteiger partial charge in [-0.05, 0) is 23.8 Å². The normalized spacial score (nSPS) is 12.1. The van der Waals surface area contributed by atoms with Crippen LogP contribution in [0.4, 0.5) is 10.1 Å². The Morgan fingerprint density at radius 1 is 1.27 bits per heavy atom. The first-order valence-corrected chi connectivity index (χ1v) is 7.34. The molecule has 0 saturated heterocycles. The number of benzene rings is 2. The van der Waals surface area contributed by atoms with Crippen LogP contribution in [0.1, 0.15) is 17.2 Å². The second-order valence-electron chi connectivity index (χ2n) is 4.69. The van der Waals surface area contributed by atoms with Crippen molar-refractivity contribution in [3.8, 4) is 0 Å². The van der Waals surface area contributed by atoms with Crippen molar-refractivity contribution in [1.82, 2.24) is 5.32 Å². The van der Waals surface area contributed by atoms with Crippen LogP contribution in [0.3, 0.4) is 0 Å². The molecule has 22 heavy (non-hydrogen) atoms. The van der Waals surface area contributed by atoms with Crippen LogP contribution in [0.5, 0.6) is 0 Å². The number of nitro groups is 1. The standard InChI is InChI=1S/C15H14BrFN2O3/c16-13-2-1-3-14(19(21)22)12(13)8-18-9-15(20)10-4-6-11(17)7-5-10/h1-7,15,18,20H,8-9H2/t15-/m0/s1. The van der Waals surface area contributed by atoms with Crippen LogP contribution in [-0.4, -0.2) is 16.6 Å². The van der Waals surface area contributed by atoms with Gasteiger partial charge >= 0.3 is 0 Å². The van der Waals surface area contributed by atoms with E-state index < -0.39 is 11.0 Å². The minimum Gasteiger partial charge on any atom is -0.387 e. The summed E-state index contributed by atoms with van der Waals surface area (Å²) in [5.74, 6) is -0.368. The highest BCUT2D eigenvalue weighted by Crippen LogP contribution is 2.26. The number of nitro benzene ring substituents is 1. The number of nitrogens with zero attached hydrogens (tertiary/aromatic N) is 1. The summed E-state index contributed by atoms with van der Waals surface area (Å²) in [5, 5.41) is 24.0. The third kappa shape index (κ3) is 4.09. The molecule has 116 valence electrons. The fourth-order valence-corrected chi connectivity index (χ4v) is 2.53. The molecule has 2 N–H and O–H groups in total. The first-order valence-electron chi connectivity index (χ1n) is 6.55. The summed E-state index contributed by atoms with van der Waals surface area (Å²) in [6.45, 7) is 0.431. The molecule has 1 atom stereocenters. The average molecular weight is 369 g/mol. The van der Waals surface area contributed by atoms with Gasteiger partial charge in [-0.2, -0.15) is 0 Å². The van der Waals surface area contributed by atoms with Gasteiger partial charge in [0, 0.05) is 23.6 Å². The third-order valence-corrected chi connectivity index (χ3v) is 3.93. The first kappa shape index (κ1) is 16.5. The van der Waals surface area contributed by atoms with Gasteiger partial charge in [0.05, 0.1) is 16.6 Å². The lowest BCUT2D eigenvalue weighted by Crippen LogP contribution is -2.21. The Morgan fingerprint density at radius 3 is 2.59 bits per heavy atom. The lowest BCUT2D eigenvalue weighted by molar-refractivity contribution is -0.385. The minimum atomic E-state index is -0.817. The minimum absolute atomic E-state index is 0.0122. The second kappa shape index (κ2) is 7.44. The van der Waals surface area contributed by atoms with E-state index in [2.05, 4.69) is 21.2 Å². The molecule has 0 radical (unpaired) electrons. The van der Waals surface area contributed by atoms with E-state index in [1.807, 2.05) is 0 Å². The number of aliphatic hydroxyl groups is 1. The van der Waals surface area contributed by atoms with Crippen molar-refractivity contribution in [3.05, 3.63) is 74.0 Å². The van der Waals surface area contributed by atoms with Crippen LogP contribution in [0.25, 0.3) is 0 Å². The molecule has 2 aromatic carbocycles. The van der Waals surface area contributed by atoms with Crippen LogP contribution in [0, 0.1) is 15.9 Å². The molecule has 5 nitrogen and oxygen atoms in total. The van der Waals surface area contributed by atoms with Crippen LogP contribution in [-0.2, 0) is 6.54 Å². The Morgan fingerprint density at radius 2 is 1.95 bits per heavy atom.